The first kappa shape index (κ1) is 17.9. The van der Waals surface area contributed by atoms with Gasteiger partial charge in [-0.25, -0.2) is 9.59 Å². The Hall–Kier alpha value is -2.44. The Kier molecular flexibility index (Phi) is 5.21. The van der Waals surface area contributed by atoms with Crippen LogP contribution in [0.3, 0.4) is 0 Å². The first-order valence-electron chi connectivity index (χ1n) is 7.85. The maximum absolute atomic E-state index is 12.1. The number of carboxylic acid groups (broad SMARTS) is 1. The van der Waals surface area contributed by atoms with E-state index in [1.54, 1.807) is 17.0 Å². The van der Waals surface area contributed by atoms with E-state index < -0.39 is 11.6 Å². The summed E-state index contributed by atoms with van der Waals surface area (Å²) in [6.07, 6.45) is -0.317. The molecule has 24 heavy (non-hydrogen) atoms. The van der Waals surface area contributed by atoms with E-state index in [1.807, 2.05) is 31.7 Å². The van der Waals surface area contributed by atoms with Gasteiger partial charge in [-0.05, 0) is 39.0 Å². The van der Waals surface area contributed by atoms with Crippen LogP contribution < -0.4 is 9.64 Å². The van der Waals surface area contributed by atoms with Gasteiger partial charge in [0.1, 0.15) is 16.9 Å². The van der Waals surface area contributed by atoms with E-state index in [-0.39, 0.29) is 11.7 Å². The number of hydrogen-bond acceptors (Lipinski definition) is 5. The van der Waals surface area contributed by atoms with Gasteiger partial charge in [0.25, 0.3) is 0 Å². The molecule has 0 spiro atoms. The van der Waals surface area contributed by atoms with Gasteiger partial charge in [-0.1, -0.05) is 0 Å². The highest BCUT2D eigenvalue weighted by Crippen LogP contribution is 2.26. The molecule has 0 aromatic heterocycles. The highest BCUT2D eigenvalue weighted by Gasteiger charge is 2.26. The van der Waals surface area contributed by atoms with Crippen LogP contribution in [0, 0.1) is 0 Å². The largest absolute Gasteiger partial charge is 0.496 e. The molecule has 1 saturated heterocycles. The highest BCUT2D eigenvalue weighted by molar-refractivity contribution is 5.92. The predicted molar refractivity (Wildman–Crippen MR) is 90.0 cm³/mol. The van der Waals surface area contributed by atoms with E-state index in [2.05, 4.69) is 0 Å². The lowest BCUT2D eigenvalue weighted by Gasteiger charge is -2.36. The van der Waals surface area contributed by atoms with Gasteiger partial charge >= 0.3 is 12.1 Å². The van der Waals surface area contributed by atoms with Crippen LogP contribution in [0.15, 0.2) is 18.2 Å². The highest BCUT2D eigenvalue weighted by atomic mass is 16.6. The topological polar surface area (TPSA) is 79.3 Å². The number of ether oxygens (including phenoxy) is 2. The third kappa shape index (κ3) is 4.31. The minimum Gasteiger partial charge on any atom is -0.496 e. The number of rotatable bonds is 3. The second kappa shape index (κ2) is 6.98. The molecule has 1 N–H and O–H groups in total. The lowest BCUT2D eigenvalue weighted by Crippen LogP contribution is -2.50. The molecule has 1 aromatic rings. The quantitative estimate of drug-likeness (QED) is 0.913. The monoisotopic (exact) mass is 336 g/mol. The lowest BCUT2D eigenvalue weighted by atomic mass is 10.1. The number of anilines is 1. The number of nitrogens with zero attached hydrogens (tertiary/aromatic N) is 2. The van der Waals surface area contributed by atoms with Gasteiger partial charge in [0.05, 0.1) is 7.11 Å². The fourth-order valence-corrected chi connectivity index (χ4v) is 2.53. The summed E-state index contributed by atoms with van der Waals surface area (Å²) in [6, 6.07) is 5.08. The molecule has 0 bridgehead atoms. The summed E-state index contributed by atoms with van der Waals surface area (Å²) in [5.41, 5.74) is 0.419. The number of methoxy groups -OCH3 is 1. The van der Waals surface area contributed by atoms with E-state index in [9.17, 15) is 14.7 Å². The summed E-state index contributed by atoms with van der Waals surface area (Å²) in [6.45, 7) is 7.81. The third-order valence-electron chi connectivity index (χ3n) is 3.71. The van der Waals surface area contributed by atoms with Gasteiger partial charge in [0.2, 0.25) is 0 Å². The number of amides is 1. The van der Waals surface area contributed by atoms with Crippen LogP contribution >= 0.6 is 0 Å². The van der Waals surface area contributed by atoms with Crippen molar-refractivity contribution in [1.29, 1.82) is 0 Å². The fraction of sp³-hybridized carbons (Fsp3) is 0.529. The molecular weight excluding hydrogens is 312 g/mol. The van der Waals surface area contributed by atoms with Crippen molar-refractivity contribution in [2.75, 3.05) is 38.2 Å². The first-order valence-corrected chi connectivity index (χ1v) is 7.85. The molecule has 0 saturated carbocycles. The van der Waals surface area contributed by atoms with Crippen molar-refractivity contribution in [2.45, 2.75) is 26.4 Å². The zero-order valence-corrected chi connectivity index (χ0v) is 14.5. The maximum atomic E-state index is 12.1. The van der Waals surface area contributed by atoms with Gasteiger partial charge < -0.3 is 24.4 Å². The summed E-state index contributed by atoms with van der Waals surface area (Å²) in [5.74, 6) is -0.695. The van der Waals surface area contributed by atoms with Crippen molar-refractivity contribution in [1.82, 2.24) is 4.90 Å². The lowest BCUT2D eigenvalue weighted by molar-refractivity contribution is 0.0240. The Balaban J connectivity index is 2.03. The molecule has 1 aliphatic rings. The van der Waals surface area contributed by atoms with Crippen LogP contribution in [0.25, 0.3) is 0 Å². The van der Waals surface area contributed by atoms with Gasteiger partial charge in [-0.3, -0.25) is 0 Å². The molecule has 7 heteroatoms. The molecule has 7 nitrogen and oxygen atoms in total. The molecule has 1 aliphatic heterocycles. The summed E-state index contributed by atoms with van der Waals surface area (Å²) >= 11 is 0. The number of benzene rings is 1. The standard InChI is InChI=1S/C17H24N2O5/c1-17(2,3)24-16(22)19-9-7-18(8-10-19)12-5-6-14(23-4)13(11-12)15(20)21/h5-6,11H,7-10H2,1-4H3,(H,20,21). The van der Waals surface area contributed by atoms with Crippen LogP contribution in [0.1, 0.15) is 31.1 Å². The average molecular weight is 336 g/mol. The number of carboxylic acids is 1. The summed E-state index contributed by atoms with van der Waals surface area (Å²) in [4.78, 5) is 27.1. The Labute approximate surface area is 141 Å². The number of hydrogen-bond donors (Lipinski definition) is 1. The van der Waals surface area contributed by atoms with Gasteiger partial charge in [0, 0.05) is 31.9 Å². The molecule has 1 amide bonds. The fourth-order valence-electron chi connectivity index (χ4n) is 2.53. The van der Waals surface area contributed by atoms with Gasteiger partial charge in [0.15, 0.2) is 0 Å². The number of piperazine rings is 1. The molecule has 2 rings (SSSR count). The van der Waals surface area contributed by atoms with Crippen molar-refractivity contribution in [3.05, 3.63) is 23.8 Å². The van der Waals surface area contributed by atoms with Crippen molar-refractivity contribution in [3.63, 3.8) is 0 Å². The third-order valence-corrected chi connectivity index (χ3v) is 3.71. The van der Waals surface area contributed by atoms with Crippen molar-refractivity contribution < 1.29 is 24.2 Å². The van der Waals surface area contributed by atoms with E-state index in [4.69, 9.17) is 9.47 Å². The zero-order chi connectivity index (χ0) is 17.9. The second-order valence-corrected chi connectivity index (χ2v) is 6.64. The Bertz CT molecular complexity index is 616. The van der Waals surface area contributed by atoms with Crippen LogP contribution in [0.4, 0.5) is 10.5 Å². The Morgan fingerprint density at radius 3 is 2.25 bits per heavy atom. The van der Waals surface area contributed by atoms with E-state index in [1.165, 1.54) is 7.11 Å². The van der Waals surface area contributed by atoms with Crippen LogP contribution in [0.2, 0.25) is 0 Å². The van der Waals surface area contributed by atoms with Crippen molar-refractivity contribution >= 4 is 17.7 Å². The number of aromatic carboxylic acids is 1. The van der Waals surface area contributed by atoms with Crippen LogP contribution in [-0.2, 0) is 4.74 Å². The number of carbonyl (C=O) groups is 2. The molecule has 1 aromatic carbocycles. The predicted octanol–water partition coefficient (Wildman–Crippen LogP) is 2.45. The molecule has 132 valence electrons. The molecular formula is C17H24N2O5. The molecule has 0 radical (unpaired) electrons. The van der Waals surface area contributed by atoms with Gasteiger partial charge in [-0.15, -0.1) is 0 Å². The van der Waals surface area contributed by atoms with Crippen molar-refractivity contribution in [3.8, 4) is 5.75 Å². The molecule has 0 atom stereocenters. The smallest absolute Gasteiger partial charge is 0.410 e. The molecule has 1 fully saturated rings. The van der Waals surface area contributed by atoms with Crippen LogP contribution in [-0.4, -0.2) is 61.0 Å². The summed E-state index contributed by atoms with van der Waals surface area (Å²) in [5, 5.41) is 9.27. The Morgan fingerprint density at radius 2 is 1.75 bits per heavy atom. The zero-order valence-electron chi connectivity index (χ0n) is 14.5. The van der Waals surface area contributed by atoms with Gasteiger partial charge in [-0.2, -0.15) is 0 Å². The normalized spacial score (nSPS) is 15.2. The first-order chi connectivity index (χ1) is 11.2. The molecule has 0 unspecified atom stereocenters. The minimum atomic E-state index is -1.03. The van der Waals surface area contributed by atoms with E-state index in [0.717, 1.165) is 5.69 Å². The second-order valence-electron chi connectivity index (χ2n) is 6.64. The van der Waals surface area contributed by atoms with E-state index in [0.29, 0.717) is 31.9 Å². The average Bonchev–Trinajstić information content (AvgIpc) is 2.52. The summed E-state index contributed by atoms with van der Waals surface area (Å²) in [7, 11) is 1.45. The molecule has 1 heterocycles. The SMILES string of the molecule is COc1ccc(N2CCN(C(=O)OC(C)(C)C)CC2)cc1C(=O)O. The minimum absolute atomic E-state index is 0.129. The summed E-state index contributed by atoms with van der Waals surface area (Å²) < 4.78 is 10.4. The van der Waals surface area contributed by atoms with E-state index >= 15 is 0 Å². The molecule has 0 aliphatic carbocycles. The maximum Gasteiger partial charge on any atom is 0.410 e. The number of carbonyl (C=O) groups excluding carboxylic acids is 1. The van der Waals surface area contributed by atoms with Crippen molar-refractivity contribution in [2.24, 2.45) is 0 Å². The van der Waals surface area contributed by atoms with Crippen LogP contribution in [0.5, 0.6) is 5.75 Å². The Morgan fingerprint density at radius 1 is 1.12 bits per heavy atom.